The molecule has 0 bridgehead atoms. The van der Waals surface area contributed by atoms with Crippen molar-refractivity contribution < 1.29 is 13.0 Å². The van der Waals surface area contributed by atoms with E-state index in [1.165, 1.54) is 0 Å². The molecule has 3 nitrogen and oxygen atoms in total. The quantitative estimate of drug-likeness (QED) is 0.645. The van der Waals surface area contributed by atoms with Crippen LogP contribution in [0.2, 0.25) is 0 Å². The molecule has 0 radical (unpaired) electrons. The summed E-state index contributed by atoms with van der Waals surface area (Å²) in [6.45, 7) is 0. The minimum atomic E-state index is -0.992. The number of halogens is 1. The molecule has 0 aromatic heterocycles. The Morgan fingerprint density at radius 2 is 1.67 bits per heavy atom. The zero-order chi connectivity index (χ0) is 14.8. The molecule has 104 valence electrons. The highest BCUT2D eigenvalue weighted by atomic mass is 127. The maximum Gasteiger partial charge on any atom is 0.339 e. The van der Waals surface area contributed by atoms with Crippen molar-refractivity contribution in [2.45, 2.75) is 0 Å². The van der Waals surface area contributed by atoms with E-state index in [0.29, 0.717) is 5.75 Å². The second-order valence-corrected chi connectivity index (χ2v) is 5.03. The van der Waals surface area contributed by atoms with Crippen molar-refractivity contribution >= 4 is 39.7 Å². The first kappa shape index (κ1) is 13.9. The molecule has 3 aromatic carbocycles. The number of benzene rings is 3. The zero-order valence-electron chi connectivity index (χ0n) is 10.9. The Morgan fingerprint density at radius 1 is 0.905 bits per heavy atom. The van der Waals surface area contributed by atoms with Gasteiger partial charge in [-0.15, -0.1) is 0 Å². The van der Waals surface area contributed by atoms with Crippen molar-refractivity contribution in [1.82, 2.24) is 0 Å². The number of carboxylic acid groups (broad SMARTS) is 1. The van der Waals surface area contributed by atoms with Crippen molar-refractivity contribution in [2.24, 2.45) is 0 Å². The summed E-state index contributed by atoms with van der Waals surface area (Å²) in [7, 11) is 0. The zero-order valence-corrected chi connectivity index (χ0v) is 13.1. The Morgan fingerprint density at radius 3 is 2.33 bits per heavy atom. The van der Waals surface area contributed by atoms with Crippen LogP contribution in [0.1, 0.15) is 10.4 Å². The lowest BCUT2D eigenvalue weighted by Gasteiger charge is -2.11. The average Bonchev–Trinajstić information content (AvgIpc) is 2.53. The number of aromatic carboxylic acids is 1. The van der Waals surface area contributed by atoms with Crippen molar-refractivity contribution in [3.8, 4) is 16.9 Å². The summed E-state index contributed by atoms with van der Waals surface area (Å²) < 4.78 is 5.30. The van der Waals surface area contributed by atoms with Crippen LogP contribution in [-0.4, -0.2) is 11.1 Å². The molecule has 0 saturated carbocycles. The fourth-order valence-corrected chi connectivity index (χ4v) is 2.93. The number of carbonyl (C=O) groups is 1. The molecule has 0 aliphatic carbocycles. The van der Waals surface area contributed by atoms with Crippen molar-refractivity contribution in [1.29, 1.82) is 0 Å². The number of carboxylic acids is 1. The van der Waals surface area contributed by atoms with Gasteiger partial charge in [0, 0.05) is 5.39 Å². The summed E-state index contributed by atoms with van der Waals surface area (Å²) >= 11 is 1.72. The maximum absolute atomic E-state index is 11.3. The lowest BCUT2D eigenvalue weighted by atomic mass is 9.96. The molecule has 0 amide bonds. The van der Waals surface area contributed by atoms with Gasteiger partial charge in [0.15, 0.2) is 28.8 Å². The largest absolute Gasteiger partial charge is 0.478 e. The molecule has 3 rings (SSSR count). The molecule has 3 aromatic rings. The van der Waals surface area contributed by atoms with Crippen molar-refractivity contribution in [3.63, 3.8) is 0 Å². The summed E-state index contributed by atoms with van der Waals surface area (Å²) in [5, 5.41) is 11.0. The van der Waals surface area contributed by atoms with E-state index in [-0.39, 0.29) is 5.56 Å². The van der Waals surface area contributed by atoms with Gasteiger partial charge >= 0.3 is 5.97 Å². The monoisotopic (exact) mass is 390 g/mol. The summed E-state index contributed by atoms with van der Waals surface area (Å²) in [4.78, 5) is 11.3. The van der Waals surface area contributed by atoms with Crippen molar-refractivity contribution in [2.75, 3.05) is 0 Å². The molecule has 0 aliphatic rings. The molecule has 0 spiro atoms. The number of fused-ring (bicyclic) bond motifs is 1. The fourth-order valence-electron chi connectivity index (χ4n) is 2.45. The van der Waals surface area contributed by atoms with Crippen LogP contribution in [0.4, 0.5) is 0 Å². The van der Waals surface area contributed by atoms with Crippen LogP contribution in [0.25, 0.3) is 21.9 Å². The lowest BCUT2D eigenvalue weighted by molar-refractivity contribution is 0.0695. The molecule has 0 saturated heterocycles. The van der Waals surface area contributed by atoms with Gasteiger partial charge in [-0.25, -0.2) is 4.79 Å². The van der Waals surface area contributed by atoms with E-state index >= 15 is 0 Å². The average molecular weight is 390 g/mol. The van der Waals surface area contributed by atoms with Gasteiger partial charge in [0.2, 0.25) is 0 Å². The van der Waals surface area contributed by atoms with E-state index in [0.717, 1.165) is 21.9 Å². The van der Waals surface area contributed by atoms with E-state index in [9.17, 15) is 9.90 Å². The minimum Gasteiger partial charge on any atom is -0.478 e. The van der Waals surface area contributed by atoms with Gasteiger partial charge < -0.3 is 8.17 Å². The first-order valence-corrected chi connectivity index (χ1v) is 7.23. The van der Waals surface area contributed by atoms with Crippen LogP contribution < -0.4 is 3.07 Å². The molecule has 21 heavy (non-hydrogen) atoms. The van der Waals surface area contributed by atoms with Gasteiger partial charge in [-0.1, -0.05) is 54.6 Å². The summed E-state index contributed by atoms with van der Waals surface area (Å²) in [5.74, 6) is -0.605. The Labute approximate surface area is 135 Å². The molecular weight excluding hydrogens is 379 g/mol. The number of rotatable bonds is 3. The fraction of sp³-hybridized carbons (Fsp3) is 0. The van der Waals surface area contributed by atoms with Crippen LogP contribution in [-0.2, 0) is 0 Å². The normalized spacial score (nSPS) is 10.5. The number of hydrogen-bond acceptors (Lipinski definition) is 2. The van der Waals surface area contributed by atoms with Gasteiger partial charge in [-0.2, -0.15) is 0 Å². The summed E-state index contributed by atoms with van der Waals surface area (Å²) in [6, 6.07) is 19.2. The van der Waals surface area contributed by atoms with Gasteiger partial charge in [-0.3, -0.25) is 0 Å². The third kappa shape index (κ3) is 2.47. The smallest absolute Gasteiger partial charge is 0.339 e. The summed E-state index contributed by atoms with van der Waals surface area (Å²) in [6.07, 6.45) is 0. The van der Waals surface area contributed by atoms with Crippen molar-refractivity contribution in [3.05, 3.63) is 66.2 Å². The Kier molecular flexibility index (Phi) is 3.79. The highest BCUT2D eigenvalue weighted by molar-refractivity contribution is 14.1. The SMILES string of the molecule is O=C(O)c1ccc2c(-c3ccccc3)cccc2c1OI. The van der Waals surface area contributed by atoms with Crippen LogP contribution in [0, 0.1) is 0 Å². The first-order chi connectivity index (χ1) is 10.2. The Balaban J connectivity index is 2.33. The molecule has 1 N–H and O–H groups in total. The topological polar surface area (TPSA) is 46.5 Å². The van der Waals surface area contributed by atoms with Gasteiger partial charge in [0.1, 0.15) is 5.56 Å². The number of hydrogen-bond donors (Lipinski definition) is 1. The predicted octanol–water partition coefficient (Wildman–Crippen LogP) is 4.93. The third-order valence-corrected chi connectivity index (χ3v) is 3.84. The van der Waals surface area contributed by atoms with Crippen LogP contribution in [0.5, 0.6) is 5.75 Å². The molecule has 0 aliphatic heterocycles. The lowest BCUT2D eigenvalue weighted by Crippen LogP contribution is -1.99. The molecule has 0 atom stereocenters. The molecular formula is C17H11IO3. The second kappa shape index (κ2) is 5.73. The van der Waals surface area contributed by atoms with Gasteiger partial charge in [-0.05, 0) is 22.6 Å². The Hall–Kier alpha value is -2.08. The van der Waals surface area contributed by atoms with Crippen LogP contribution in [0.3, 0.4) is 0 Å². The van der Waals surface area contributed by atoms with E-state index in [4.69, 9.17) is 3.07 Å². The van der Waals surface area contributed by atoms with E-state index in [1.54, 1.807) is 29.1 Å². The minimum absolute atomic E-state index is 0.169. The van der Waals surface area contributed by atoms with Gasteiger partial charge in [0.25, 0.3) is 0 Å². The van der Waals surface area contributed by atoms with E-state index in [1.807, 2.05) is 54.6 Å². The second-order valence-electron chi connectivity index (χ2n) is 4.59. The molecule has 0 fully saturated rings. The molecule has 4 heteroatoms. The van der Waals surface area contributed by atoms with E-state index < -0.39 is 5.97 Å². The van der Waals surface area contributed by atoms with Gasteiger partial charge in [0.05, 0.1) is 0 Å². The van der Waals surface area contributed by atoms with Crippen LogP contribution >= 0.6 is 23.0 Å². The summed E-state index contributed by atoms with van der Waals surface area (Å²) in [5.41, 5.74) is 2.31. The highest BCUT2D eigenvalue weighted by Gasteiger charge is 2.16. The first-order valence-electron chi connectivity index (χ1n) is 6.35. The molecule has 0 heterocycles. The standard InChI is InChI=1S/C17H11IO3/c18-21-16-14-8-4-7-12(11-5-2-1-3-6-11)13(14)9-10-15(16)17(19)20/h1-10H,(H,19,20). The maximum atomic E-state index is 11.3. The third-order valence-electron chi connectivity index (χ3n) is 3.40. The van der Waals surface area contributed by atoms with E-state index in [2.05, 4.69) is 0 Å². The molecule has 0 unspecified atom stereocenters. The predicted molar refractivity (Wildman–Crippen MR) is 91.0 cm³/mol. The Bertz CT molecular complexity index is 813. The highest BCUT2D eigenvalue weighted by Crippen LogP contribution is 2.36. The van der Waals surface area contributed by atoms with Crippen LogP contribution in [0.15, 0.2) is 60.7 Å².